The van der Waals surface area contributed by atoms with E-state index in [4.69, 9.17) is 5.11 Å². The molecule has 1 aliphatic rings. The van der Waals surface area contributed by atoms with Gasteiger partial charge in [-0.15, -0.1) is 6.58 Å². The highest BCUT2D eigenvalue weighted by Gasteiger charge is 2.25. The van der Waals surface area contributed by atoms with Crippen LogP contribution in [0.15, 0.2) is 43.0 Å². The Morgan fingerprint density at radius 1 is 1.48 bits per heavy atom. The fraction of sp³-hybridized carbons (Fsp3) is 0.438. The highest BCUT2D eigenvalue weighted by molar-refractivity contribution is 5.75. The highest BCUT2D eigenvalue weighted by Crippen LogP contribution is 2.19. The molecule has 0 aromatic heterocycles. The Hall–Kier alpha value is -2.01. The largest absolute Gasteiger partial charge is 0.395 e. The summed E-state index contributed by atoms with van der Waals surface area (Å²) in [5, 5.41) is 12.0. The standard InChI is InChI=1S/C16H23N3O2/c1-2-9-18(11-12-20)16(21)17-14-8-10-19(13-14)15-6-4-3-5-7-15/h2-7,14,20H,1,8-13H2,(H,17,21). The van der Waals surface area contributed by atoms with E-state index in [-0.39, 0.29) is 18.7 Å². The van der Waals surface area contributed by atoms with E-state index in [2.05, 4.69) is 28.9 Å². The van der Waals surface area contributed by atoms with E-state index in [0.717, 1.165) is 19.5 Å². The predicted octanol–water partition coefficient (Wildman–Crippen LogP) is 1.46. The number of para-hydroxylation sites is 1. The summed E-state index contributed by atoms with van der Waals surface area (Å²) in [7, 11) is 0. The molecule has 5 heteroatoms. The van der Waals surface area contributed by atoms with Crippen LogP contribution in [0.25, 0.3) is 0 Å². The molecule has 1 atom stereocenters. The van der Waals surface area contributed by atoms with Gasteiger partial charge < -0.3 is 20.2 Å². The normalized spacial score (nSPS) is 17.6. The number of anilines is 1. The SMILES string of the molecule is C=CCN(CCO)C(=O)NC1CCN(c2ccccc2)C1. The predicted molar refractivity (Wildman–Crippen MR) is 84.4 cm³/mol. The van der Waals surface area contributed by atoms with Crippen molar-refractivity contribution in [1.29, 1.82) is 0 Å². The molecular weight excluding hydrogens is 266 g/mol. The minimum atomic E-state index is -0.135. The summed E-state index contributed by atoms with van der Waals surface area (Å²) in [5.74, 6) is 0. The maximum Gasteiger partial charge on any atom is 0.318 e. The summed E-state index contributed by atoms with van der Waals surface area (Å²) in [6.07, 6.45) is 2.60. The van der Waals surface area contributed by atoms with Gasteiger partial charge >= 0.3 is 6.03 Å². The number of nitrogens with one attached hydrogen (secondary N) is 1. The molecule has 0 saturated carbocycles. The van der Waals surface area contributed by atoms with Crippen LogP contribution >= 0.6 is 0 Å². The Labute approximate surface area is 125 Å². The van der Waals surface area contributed by atoms with Gasteiger partial charge in [0.05, 0.1) is 6.61 Å². The number of carbonyl (C=O) groups is 1. The molecule has 1 aromatic carbocycles. The minimum absolute atomic E-state index is 0.0396. The lowest BCUT2D eigenvalue weighted by Crippen LogP contribution is -2.46. The summed E-state index contributed by atoms with van der Waals surface area (Å²) in [6.45, 7) is 6.13. The molecule has 1 aromatic rings. The lowest BCUT2D eigenvalue weighted by molar-refractivity contribution is 0.181. The number of urea groups is 1. The van der Waals surface area contributed by atoms with Crippen molar-refractivity contribution in [3.8, 4) is 0 Å². The highest BCUT2D eigenvalue weighted by atomic mass is 16.3. The van der Waals surface area contributed by atoms with Crippen LogP contribution in [0, 0.1) is 0 Å². The van der Waals surface area contributed by atoms with E-state index < -0.39 is 0 Å². The summed E-state index contributed by atoms with van der Waals surface area (Å²) in [6, 6.07) is 10.2. The van der Waals surface area contributed by atoms with Crippen molar-refractivity contribution in [2.45, 2.75) is 12.5 Å². The molecule has 2 N–H and O–H groups in total. The Bertz CT molecular complexity index is 464. The van der Waals surface area contributed by atoms with Crippen LogP contribution in [-0.4, -0.2) is 54.9 Å². The van der Waals surface area contributed by atoms with Crippen LogP contribution in [0.5, 0.6) is 0 Å². The molecule has 1 unspecified atom stereocenters. The van der Waals surface area contributed by atoms with E-state index in [1.54, 1.807) is 11.0 Å². The molecule has 0 spiro atoms. The number of nitrogens with zero attached hydrogens (tertiary/aromatic N) is 2. The second kappa shape index (κ2) is 7.69. The average Bonchev–Trinajstić information content (AvgIpc) is 2.96. The maximum absolute atomic E-state index is 12.2. The van der Waals surface area contributed by atoms with E-state index in [1.165, 1.54) is 5.69 Å². The van der Waals surface area contributed by atoms with Crippen LogP contribution in [0.3, 0.4) is 0 Å². The zero-order valence-corrected chi connectivity index (χ0v) is 12.2. The van der Waals surface area contributed by atoms with Crippen molar-refractivity contribution >= 4 is 11.7 Å². The van der Waals surface area contributed by atoms with Crippen LogP contribution in [0.4, 0.5) is 10.5 Å². The molecule has 21 heavy (non-hydrogen) atoms. The van der Waals surface area contributed by atoms with Crippen LogP contribution < -0.4 is 10.2 Å². The molecule has 1 aliphatic heterocycles. The average molecular weight is 289 g/mol. The Balaban J connectivity index is 1.87. The molecule has 2 rings (SSSR count). The van der Waals surface area contributed by atoms with Crippen molar-refractivity contribution in [3.63, 3.8) is 0 Å². The van der Waals surface area contributed by atoms with Crippen LogP contribution in [0.1, 0.15) is 6.42 Å². The first kappa shape index (κ1) is 15.4. The van der Waals surface area contributed by atoms with Gasteiger partial charge in [-0.2, -0.15) is 0 Å². The number of benzene rings is 1. The first-order chi connectivity index (χ1) is 10.2. The fourth-order valence-corrected chi connectivity index (χ4v) is 2.57. The molecule has 1 saturated heterocycles. The molecule has 1 fully saturated rings. The molecule has 0 bridgehead atoms. The zero-order chi connectivity index (χ0) is 15.1. The number of aliphatic hydroxyl groups excluding tert-OH is 1. The van der Waals surface area contributed by atoms with Crippen molar-refractivity contribution in [2.24, 2.45) is 0 Å². The smallest absolute Gasteiger partial charge is 0.318 e. The van der Waals surface area contributed by atoms with Gasteiger partial charge in [0, 0.05) is 37.9 Å². The van der Waals surface area contributed by atoms with Crippen molar-refractivity contribution in [3.05, 3.63) is 43.0 Å². The van der Waals surface area contributed by atoms with E-state index in [0.29, 0.717) is 13.1 Å². The number of amides is 2. The number of carbonyl (C=O) groups excluding carboxylic acids is 1. The zero-order valence-electron chi connectivity index (χ0n) is 12.2. The molecular formula is C16H23N3O2. The molecule has 1 heterocycles. The Morgan fingerprint density at radius 2 is 2.24 bits per heavy atom. The number of hydrogen-bond donors (Lipinski definition) is 2. The summed E-state index contributed by atoms with van der Waals surface area (Å²) in [5.41, 5.74) is 1.19. The summed E-state index contributed by atoms with van der Waals surface area (Å²) in [4.78, 5) is 16.0. The van der Waals surface area contributed by atoms with Gasteiger partial charge in [-0.05, 0) is 18.6 Å². The molecule has 114 valence electrons. The quantitative estimate of drug-likeness (QED) is 0.780. The Morgan fingerprint density at radius 3 is 2.90 bits per heavy atom. The second-order valence-electron chi connectivity index (χ2n) is 5.17. The van der Waals surface area contributed by atoms with E-state index in [1.807, 2.05) is 18.2 Å². The number of rotatable bonds is 6. The van der Waals surface area contributed by atoms with Gasteiger partial charge in [0.2, 0.25) is 0 Å². The second-order valence-corrected chi connectivity index (χ2v) is 5.17. The summed E-state index contributed by atoms with van der Waals surface area (Å²) >= 11 is 0. The van der Waals surface area contributed by atoms with E-state index >= 15 is 0 Å². The van der Waals surface area contributed by atoms with Gasteiger partial charge in [0.1, 0.15) is 0 Å². The summed E-state index contributed by atoms with van der Waals surface area (Å²) < 4.78 is 0. The van der Waals surface area contributed by atoms with Gasteiger partial charge in [-0.1, -0.05) is 24.3 Å². The van der Waals surface area contributed by atoms with Crippen LogP contribution in [0.2, 0.25) is 0 Å². The van der Waals surface area contributed by atoms with Gasteiger partial charge in [0.15, 0.2) is 0 Å². The monoisotopic (exact) mass is 289 g/mol. The van der Waals surface area contributed by atoms with E-state index in [9.17, 15) is 4.79 Å². The molecule has 0 aliphatic carbocycles. The lowest BCUT2D eigenvalue weighted by Gasteiger charge is -2.23. The lowest BCUT2D eigenvalue weighted by atomic mass is 10.2. The molecule has 0 radical (unpaired) electrons. The third-order valence-corrected chi connectivity index (χ3v) is 3.64. The minimum Gasteiger partial charge on any atom is -0.395 e. The maximum atomic E-state index is 12.2. The third kappa shape index (κ3) is 4.23. The van der Waals surface area contributed by atoms with Gasteiger partial charge in [0.25, 0.3) is 0 Å². The molecule has 2 amide bonds. The van der Waals surface area contributed by atoms with Crippen molar-refractivity contribution < 1.29 is 9.90 Å². The number of aliphatic hydroxyl groups is 1. The first-order valence-corrected chi connectivity index (χ1v) is 7.31. The fourth-order valence-electron chi connectivity index (χ4n) is 2.57. The van der Waals surface area contributed by atoms with Gasteiger partial charge in [-0.3, -0.25) is 0 Å². The third-order valence-electron chi connectivity index (χ3n) is 3.64. The number of hydrogen-bond acceptors (Lipinski definition) is 3. The Kier molecular flexibility index (Phi) is 5.63. The topological polar surface area (TPSA) is 55.8 Å². The first-order valence-electron chi connectivity index (χ1n) is 7.31. The van der Waals surface area contributed by atoms with Crippen molar-refractivity contribution in [1.82, 2.24) is 10.2 Å². The van der Waals surface area contributed by atoms with Gasteiger partial charge in [-0.25, -0.2) is 4.79 Å². The van der Waals surface area contributed by atoms with Crippen LogP contribution in [-0.2, 0) is 0 Å². The van der Waals surface area contributed by atoms with Crippen molar-refractivity contribution in [2.75, 3.05) is 37.7 Å². The molecule has 5 nitrogen and oxygen atoms in total.